The van der Waals surface area contributed by atoms with Crippen molar-refractivity contribution in [1.82, 2.24) is 9.62 Å². The molecule has 21 heavy (non-hydrogen) atoms. The molecule has 0 heterocycles. The smallest absolute Gasteiger partial charge is 0.335 e. The van der Waals surface area contributed by atoms with Crippen molar-refractivity contribution in [3.05, 3.63) is 29.3 Å². The van der Waals surface area contributed by atoms with Gasteiger partial charge in [0.1, 0.15) is 4.90 Å². The monoisotopic (exact) mass is 322 g/mol. The molecule has 0 bridgehead atoms. The molecule has 0 aliphatic rings. The fourth-order valence-electron chi connectivity index (χ4n) is 1.56. The Labute approximate surface area is 121 Å². The van der Waals surface area contributed by atoms with E-state index in [4.69, 9.17) is 5.11 Å². The quantitative estimate of drug-likeness (QED) is 0.728. The summed E-state index contributed by atoms with van der Waals surface area (Å²) in [5, 5.41) is 8.76. The number of carbonyl (C=O) groups is 1. The van der Waals surface area contributed by atoms with Crippen molar-refractivity contribution in [2.75, 3.05) is 27.2 Å². The van der Waals surface area contributed by atoms with Crippen molar-refractivity contribution in [2.24, 2.45) is 0 Å². The normalized spacial score (nSPS) is 11.9. The third-order valence-corrected chi connectivity index (χ3v) is 4.07. The number of halogens is 2. The zero-order valence-corrected chi connectivity index (χ0v) is 12.4. The van der Waals surface area contributed by atoms with Gasteiger partial charge in [-0.25, -0.2) is 26.7 Å². The van der Waals surface area contributed by atoms with Crippen LogP contribution in [0.5, 0.6) is 0 Å². The molecule has 0 amide bonds. The van der Waals surface area contributed by atoms with Crippen molar-refractivity contribution in [3.8, 4) is 0 Å². The summed E-state index contributed by atoms with van der Waals surface area (Å²) in [6.07, 6.45) is 0.467. The van der Waals surface area contributed by atoms with E-state index in [-0.39, 0.29) is 6.54 Å². The molecule has 1 rings (SSSR count). The second-order valence-electron chi connectivity index (χ2n) is 4.63. The highest BCUT2D eigenvalue weighted by Gasteiger charge is 2.24. The van der Waals surface area contributed by atoms with Crippen LogP contribution in [-0.4, -0.2) is 51.6 Å². The van der Waals surface area contributed by atoms with Crippen LogP contribution in [0, 0.1) is 11.6 Å². The van der Waals surface area contributed by atoms with Crippen LogP contribution in [0.4, 0.5) is 8.78 Å². The van der Waals surface area contributed by atoms with Gasteiger partial charge in [-0.3, -0.25) is 0 Å². The van der Waals surface area contributed by atoms with E-state index in [2.05, 4.69) is 4.72 Å². The molecule has 9 heteroatoms. The van der Waals surface area contributed by atoms with E-state index in [9.17, 15) is 22.0 Å². The molecule has 0 radical (unpaired) electrons. The lowest BCUT2D eigenvalue weighted by molar-refractivity contribution is 0.0696. The van der Waals surface area contributed by atoms with E-state index in [0.717, 1.165) is 0 Å². The zero-order chi connectivity index (χ0) is 16.2. The molecule has 0 aliphatic carbocycles. The zero-order valence-electron chi connectivity index (χ0n) is 11.6. The van der Waals surface area contributed by atoms with Gasteiger partial charge in [0, 0.05) is 6.54 Å². The lowest BCUT2D eigenvalue weighted by Crippen LogP contribution is -2.28. The van der Waals surface area contributed by atoms with Gasteiger partial charge in [0.05, 0.1) is 5.56 Å². The van der Waals surface area contributed by atoms with Crippen LogP contribution in [0.2, 0.25) is 0 Å². The summed E-state index contributed by atoms with van der Waals surface area (Å²) in [5.74, 6) is -4.67. The molecule has 0 saturated carbocycles. The van der Waals surface area contributed by atoms with Crippen molar-refractivity contribution >= 4 is 16.0 Å². The van der Waals surface area contributed by atoms with Gasteiger partial charge in [-0.2, -0.15) is 0 Å². The molecule has 1 aromatic carbocycles. The summed E-state index contributed by atoms with van der Waals surface area (Å²) in [7, 11) is -0.703. The molecule has 0 fully saturated rings. The molecule has 1 aromatic rings. The maximum absolute atomic E-state index is 13.6. The van der Waals surface area contributed by atoms with E-state index >= 15 is 0 Å². The van der Waals surface area contributed by atoms with Crippen LogP contribution in [0.3, 0.4) is 0 Å². The Bertz CT molecular complexity index is 632. The van der Waals surface area contributed by atoms with E-state index in [1.165, 1.54) is 0 Å². The molecular formula is C12H16F2N2O4S. The van der Waals surface area contributed by atoms with Crippen molar-refractivity contribution in [1.29, 1.82) is 0 Å². The second-order valence-corrected chi connectivity index (χ2v) is 6.37. The van der Waals surface area contributed by atoms with Gasteiger partial charge in [-0.05, 0) is 39.2 Å². The molecule has 0 atom stereocenters. The minimum atomic E-state index is -4.31. The van der Waals surface area contributed by atoms with Gasteiger partial charge in [-0.1, -0.05) is 0 Å². The van der Waals surface area contributed by atoms with Crippen LogP contribution in [0.15, 0.2) is 17.0 Å². The number of rotatable bonds is 7. The highest BCUT2D eigenvalue weighted by atomic mass is 32.2. The van der Waals surface area contributed by atoms with Gasteiger partial charge in [-0.15, -0.1) is 0 Å². The average Bonchev–Trinajstić information content (AvgIpc) is 2.37. The minimum Gasteiger partial charge on any atom is -0.478 e. The summed E-state index contributed by atoms with van der Waals surface area (Å²) in [6, 6.07) is 1.03. The fourth-order valence-corrected chi connectivity index (χ4v) is 2.75. The highest BCUT2D eigenvalue weighted by Crippen LogP contribution is 2.19. The Morgan fingerprint density at radius 1 is 1.33 bits per heavy atom. The van der Waals surface area contributed by atoms with Crippen molar-refractivity contribution < 1.29 is 27.1 Å². The Balaban J connectivity index is 2.99. The first-order valence-corrected chi connectivity index (χ1v) is 7.50. The molecule has 6 nitrogen and oxygen atoms in total. The Morgan fingerprint density at radius 2 is 1.95 bits per heavy atom. The minimum absolute atomic E-state index is 0.0267. The maximum atomic E-state index is 13.6. The third kappa shape index (κ3) is 4.73. The second kappa shape index (κ2) is 6.92. The summed E-state index contributed by atoms with van der Waals surface area (Å²) < 4.78 is 52.8. The lowest BCUT2D eigenvalue weighted by atomic mass is 10.2. The standard InChI is InChI=1S/C12H16F2N2O4S/c1-16(2)5-3-4-15-21(19,20)10-7-8(12(17)18)6-9(13)11(10)14/h6-7,15H,3-5H2,1-2H3,(H,17,18). The van der Waals surface area contributed by atoms with Gasteiger partial charge in [0.25, 0.3) is 0 Å². The largest absolute Gasteiger partial charge is 0.478 e. The maximum Gasteiger partial charge on any atom is 0.335 e. The van der Waals surface area contributed by atoms with Gasteiger partial charge in [0.15, 0.2) is 11.6 Å². The molecule has 2 N–H and O–H groups in total. The Hall–Kier alpha value is -1.58. The van der Waals surface area contributed by atoms with E-state index in [0.29, 0.717) is 25.1 Å². The number of sulfonamides is 1. The molecule has 0 saturated heterocycles. The van der Waals surface area contributed by atoms with Crippen LogP contribution in [-0.2, 0) is 10.0 Å². The number of nitrogens with one attached hydrogen (secondary N) is 1. The predicted molar refractivity (Wildman–Crippen MR) is 71.7 cm³/mol. The van der Waals surface area contributed by atoms with E-state index in [1.54, 1.807) is 14.1 Å². The molecule has 0 aromatic heterocycles. The van der Waals surface area contributed by atoms with Crippen LogP contribution < -0.4 is 4.72 Å². The molecule has 0 spiro atoms. The SMILES string of the molecule is CN(C)CCCNS(=O)(=O)c1cc(C(=O)O)cc(F)c1F. The van der Waals surface area contributed by atoms with Gasteiger partial charge < -0.3 is 10.0 Å². The van der Waals surface area contributed by atoms with E-state index < -0.39 is 38.1 Å². The van der Waals surface area contributed by atoms with E-state index in [1.807, 2.05) is 4.90 Å². The highest BCUT2D eigenvalue weighted by molar-refractivity contribution is 7.89. The predicted octanol–water partition coefficient (Wildman–Crippen LogP) is 0.893. The first-order chi connectivity index (χ1) is 9.65. The Kier molecular flexibility index (Phi) is 5.76. The summed E-state index contributed by atoms with van der Waals surface area (Å²) in [5.41, 5.74) is -0.637. The van der Waals surface area contributed by atoms with Crippen LogP contribution in [0.1, 0.15) is 16.8 Å². The van der Waals surface area contributed by atoms with Crippen LogP contribution >= 0.6 is 0 Å². The number of hydrogen-bond acceptors (Lipinski definition) is 4. The molecule has 118 valence electrons. The fraction of sp³-hybridized carbons (Fsp3) is 0.417. The number of hydrogen-bond donors (Lipinski definition) is 2. The number of nitrogens with zero attached hydrogens (tertiary/aromatic N) is 1. The van der Waals surface area contributed by atoms with Gasteiger partial charge >= 0.3 is 5.97 Å². The topological polar surface area (TPSA) is 86.7 Å². The first kappa shape index (κ1) is 17.5. The van der Waals surface area contributed by atoms with Gasteiger partial charge in [0.2, 0.25) is 10.0 Å². The molecule has 0 aliphatic heterocycles. The number of benzene rings is 1. The lowest BCUT2D eigenvalue weighted by Gasteiger charge is -2.11. The van der Waals surface area contributed by atoms with Crippen molar-refractivity contribution in [3.63, 3.8) is 0 Å². The third-order valence-electron chi connectivity index (χ3n) is 2.61. The first-order valence-electron chi connectivity index (χ1n) is 6.02. The van der Waals surface area contributed by atoms with Crippen LogP contribution in [0.25, 0.3) is 0 Å². The molecule has 0 unspecified atom stereocenters. The molecular weight excluding hydrogens is 306 g/mol. The summed E-state index contributed by atoms with van der Waals surface area (Å²) in [6.45, 7) is 0.632. The number of carboxylic acids is 1. The summed E-state index contributed by atoms with van der Waals surface area (Å²) in [4.78, 5) is 11.6. The average molecular weight is 322 g/mol. The Morgan fingerprint density at radius 3 is 2.48 bits per heavy atom. The van der Waals surface area contributed by atoms with Crippen molar-refractivity contribution in [2.45, 2.75) is 11.3 Å². The number of carboxylic acid groups (broad SMARTS) is 1. The summed E-state index contributed by atoms with van der Waals surface area (Å²) >= 11 is 0. The number of aromatic carboxylic acids is 1.